The summed E-state index contributed by atoms with van der Waals surface area (Å²) in [6, 6.07) is 0. The van der Waals surface area contributed by atoms with Crippen molar-refractivity contribution in [3.05, 3.63) is 0 Å². The van der Waals surface area contributed by atoms with E-state index in [1.54, 1.807) is 0 Å². The molecule has 0 radical (unpaired) electrons. The molecule has 44 valence electrons. The van der Waals surface area contributed by atoms with Crippen molar-refractivity contribution < 1.29 is 0 Å². The molecule has 0 atom stereocenters. The standard InChI is InChI=1S/C4H12N2S/c1-4(7,5-2)6-3/h5-7H,1-3H3. The van der Waals surface area contributed by atoms with Crippen molar-refractivity contribution in [3.8, 4) is 0 Å². The van der Waals surface area contributed by atoms with Crippen molar-refractivity contribution in [2.75, 3.05) is 14.1 Å². The number of hydrogen-bond acceptors (Lipinski definition) is 3. The molecule has 0 aliphatic heterocycles. The Hall–Kier alpha value is 0.270. The SMILES string of the molecule is CNC(C)(S)NC. The summed E-state index contributed by atoms with van der Waals surface area (Å²) >= 11 is 4.16. The van der Waals surface area contributed by atoms with Gasteiger partial charge in [0.1, 0.15) is 4.99 Å². The molecular weight excluding hydrogens is 108 g/mol. The second-order valence-corrected chi connectivity index (χ2v) is 2.47. The van der Waals surface area contributed by atoms with Gasteiger partial charge in [0.2, 0.25) is 0 Å². The van der Waals surface area contributed by atoms with Gasteiger partial charge in [-0.15, -0.1) is 12.6 Å². The summed E-state index contributed by atoms with van der Waals surface area (Å²) in [6.45, 7) is 1.94. The summed E-state index contributed by atoms with van der Waals surface area (Å²) in [6.07, 6.45) is 0. The smallest absolute Gasteiger partial charge is 0.110 e. The van der Waals surface area contributed by atoms with Crippen molar-refractivity contribution in [3.63, 3.8) is 0 Å². The van der Waals surface area contributed by atoms with Crippen molar-refractivity contribution in [2.24, 2.45) is 0 Å². The van der Waals surface area contributed by atoms with Gasteiger partial charge in [-0.05, 0) is 21.0 Å². The summed E-state index contributed by atoms with van der Waals surface area (Å²) in [5.74, 6) is 0. The van der Waals surface area contributed by atoms with E-state index in [9.17, 15) is 0 Å². The molecule has 0 amide bonds. The van der Waals surface area contributed by atoms with Crippen LogP contribution in [-0.2, 0) is 0 Å². The van der Waals surface area contributed by atoms with E-state index in [-0.39, 0.29) is 4.99 Å². The van der Waals surface area contributed by atoms with Crippen molar-refractivity contribution in [1.82, 2.24) is 10.6 Å². The average molecular weight is 120 g/mol. The van der Waals surface area contributed by atoms with Crippen LogP contribution >= 0.6 is 12.6 Å². The molecule has 0 spiro atoms. The third-order valence-corrected chi connectivity index (χ3v) is 1.42. The first kappa shape index (κ1) is 7.27. The maximum Gasteiger partial charge on any atom is 0.110 e. The molecule has 0 aromatic rings. The highest BCUT2D eigenvalue weighted by Crippen LogP contribution is 1.99. The lowest BCUT2D eigenvalue weighted by Gasteiger charge is -2.20. The maximum absolute atomic E-state index is 4.16. The van der Waals surface area contributed by atoms with E-state index < -0.39 is 0 Å². The third-order valence-electron chi connectivity index (χ3n) is 0.974. The Bertz CT molecular complexity index is 47.7. The molecule has 0 saturated heterocycles. The highest BCUT2D eigenvalue weighted by molar-refractivity contribution is 7.81. The molecule has 0 rings (SSSR count). The van der Waals surface area contributed by atoms with E-state index in [0.29, 0.717) is 0 Å². The highest BCUT2D eigenvalue weighted by Gasteiger charge is 2.09. The van der Waals surface area contributed by atoms with Gasteiger partial charge in [-0.1, -0.05) is 0 Å². The van der Waals surface area contributed by atoms with Crippen LogP contribution in [0, 0.1) is 0 Å². The largest absolute Gasteiger partial charge is 0.294 e. The molecule has 0 unspecified atom stereocenters. The third kappa shape index (κ3) is 2.91. The van der Waals surface area contributed by atoms with Gasteiger partial charge in [0.25, 0.3) is 0 Å². The van der Waals surface area contributed by atoms with Crippen molar-refractivity contribution >= 4 is 12.6 Å². The Kier molecular flexibility index (Phi) is 2.64. The van der Waals surface area contributed by atoms with Crippen LogP contribution in [0.1, 0.15) is 6.92 Å². The van der Waals surface area contributed by atoms with E-state index in [1.807, 2.05) is 21.0 Å². The molecule has 2 nitrogen and oxygen atoms in total. The molecule has 0 aromatic heterocycles. The summed E-state index contributed by atoms with van der Waals surface area (Å²) in [5.41, 5.74) is 0. The summed E-state index contributed by atoms with van der Waals surface area (Å²) < 4.78 is 0. The van der Waals surface area contributed by atoms with E-state index >= 15 is 0 Å². The van der Waals surface area contributed by atoms with E-state index in [2.05, 4.69) is 23.3 Å². The predicted octanol–water partition coefficient (Wildman–Crippen LogP) is 0.0287. The van der Waals surface area contributed by atoms with E-state index in [1.165, 1.54) is 0 Å². The minimum atomic E-state index is -0.222. The zero-order valence-electron chi connectivity index (χ0n) is 4.95. The van der Waals surface area contributed by atoms with Crippen LogP contribution in [0.2, 0.25) is 0 Å². The van der Waals surface area contributed by atoms with Gasteiger partial charge in [-0.2, -0.15) is 0 Å². The lowest BCUT2D eigenvalue weighted by atomic mass is 10.6. The lowest BCUT2D eigenvalue weighted by Crippen LogP contribution is -2.45. The number of thiol groups is 1. The van der Waals surface area contributed by atoms with Crippen molar-refractivity contribution in [2.45, 2.75) is 11.9 Å². The fraction of sp³-hybridized carbons (Fsp3) is 1.00. The van der Waals surface area contributed by atoms with Gasteiger partial charge in [0.05, 0.1) is 0 Å². The van der Waals surface area contributed by atoms with Gasteiger partial charge in [-0.3, -0.25) is 10.6 Å². The fourth-order valence-corrected chi connectivity index (χ4v) is 0.125. The van der Waals surface area contributed by atoms with Gasteiger partial charge in [-0.25, -0.2) is 0 Å². The van der Waals surface area contributed by atoms with Crippen LogP contribution in [0.15, 0.2) is 0 Å². The molecular formula is C4H12N2S. The predicted molar refractivity (Wildman–Crippen MR) is 35.5 cm³/mol. The second-order valence-electron chi connectivity index (χ2n) is 1.57. The molecule has 0 fully saturated rings. The zero-order chi connectivity index (χ0) is 5.91. The van der Waals surface area contributed by atoms with Crippen LogP contribution in [-0.4, -0.2) is 19.1 Å². The van der Waals surface area contributed by atoms with Gasteiger partial charge in [0.15, 0.2) is 0 Å². The molecule has 7 heavy (non-hydrogen) atoms. The summed E-state index contributed by atoms with van der Waals surface area (Å²) in [5, 5.41) is 5.89. The molecule has 0 aliphatic rings. The molecule has 3 heteroatoms. The van der Waals surface area contributed by atoms with E-state index in [4.69, 9.17) is 0 Å². The minimum absolute atomic E-state index is 0.222. The quantitative estimate of drug-likeness (QED) is 0.354. The Morgan fingerprint density at radius 1 is 1.29 bits per heavy atom. The maximum atomic E-state index is 4.16. The number of nitrogens with one attached hydrogen (secondary N) is 2. The van der Waals surface area contributed by atoms with Crippen LogP contribution in [0.5, 0.6) is 0 Å². The average Bonchev–Trinajstić information content (AvgIpc) is 1.68. The van der Waals surface area contributed by atoms with Gasteiger partial charge >= 0.3 is 0 Å². The monoisotopic (exact) mass is 120 g/mol. The topological polar surface area (TPSA) is 24.1 Å². The molecule has 0 aliphatic carbocycles. The first-order valence-corrected chi connectivity index (χ1v) is 2.67. The molecule has 0 bridgehead atoms. The van der Waals surface area contributed by atoms with E-state index in [0.717, 1.165) is 0 Å². The van der Waals surface area contributed by atoms with Gasteiger partial charge < -0.3 is 0 Å². The molecule has 0 heterocycles. The molecule has 2 N–H and O–H groups in total. The van der Waals surface area contributed by atoms with Crippen LogP contribution in [0.25, 0.3) is 0 Å². The van der Waals surface area contributed by atoms with Crippen LogP contribution < -0.4 is 10.6 Å². The minimum Gasteiger partial charge on any atom is -0.294 e. The highest BCUT2D eigenvalue weighted by atomic mass is 32.1. The number of rotatable bonds is 2. The number of hydrogen-bond donors (Lipinski definition) is 3. The molecule has 0 aromatic carbocycles. The Morgan fingerprint density at radius 3 is 1.57 bits per heavy atom. The summed E-state index contributed by atoms with van der Waals surface area (Å²) in [7, 11) is 3.70. The normalized spacial score (nSPS) is 12.0. The first-order chi connectivity index (χ1) is 3.12. The molecule has 0 saturated carbocycles. The van der Waals surface area contributed by atoms with Gasteiger partial charge in [0, 0.05) is 0 Å². The van der Waals surface area contributed by atoms with Crippen molar-refractivity contribution in [1.29, 1.82) is 0 Å². The lowest BCUT2D eigenvalue weighted by molar-refractivity contribution is 0.488. The van der Waals surface area contributed by atoms with Crippen LogP contribution in [0.3, 0.4) is 0 Å². The van der Waals surface area contributed by atoms with Crippen LogP contribution in [0.4, 0.5) is 0 Å². The first-order valence-electron chi connectivity index (χ1n) is 2.22. The second kappa shape index (κ2) is 2.55. The summed E-state index contributed by atoms with van der Waals surface area (Å²) in [4.78, 5) is -0.222. The Morgan fingerprint density at radius 2 is 1.57 bits per heavy atom. The zero-order valence-corrected chi connectivity index (χ0v) is 5.84. The Labute approximate surface area is 50.1 Å². The fourth-order valence-electron chi connectivity index (χ4n) is 0.125. The Balaban J connectivity index is 3.36.